The third-order valence-electron chi connectivity index (χ3n) is 4.62. The molecular weight excluding hydrogens is 358 g/mol. The van der Waals surface area contributed by atoms with Crippen LogP contribution in [0.5, 0.6) is 0 Å². The number of piperidine rings is 1. The third kappa shape index (κ3) is 4.54. The first-order chi connectivity index (χ1) is 13.2. The Labute approximate surface area is 162 Å². The van der Waals surface area contributed by atoms with Gasteiger partial charge in [0.25, 0.3) is 0 Å². The molecule has 1 aliphatic rings. The summed E-state index contributed by atoms with van der Waals surface area (Å²) in [6, 6.07) is 4.06. The fourth-order valence-electron chi connectivity index (χ4n) is 3.22. The normalized spacial score (nSPS) is 15.4. The van der Waals surface area contributed by atoms with Crippen molar-refractivity contribution in [3.63, 3.8) is 0 Å². The molecule has 138 valence electrons. The van der Waals surface area contributed by atoms with Gasteiger partial charge in [-0.15, -0.1) is 11.3 Å². The minimum Gasteiger partial charge on any atom is -0.307 e. The van der Waals surface area contributed by atoms with Gasteiger partial charge < -0.3 is 9.72 Å². The fourth-order valence-corrected chi connectivity index (χ4v) is 4.12. The molecule has 0 radical (unpaired) electrons. The lowest BCUT2D eigenvalue weighted by atomic mass is 9.97. The molecule has 0 saturated carbocycles. The topological polar surface area (TPSA) is 62.5 Å². The zero-order valence-electron chi connectivity index (χ0n) is 15.2. The second-order valence-corrected chi connectivity index (χ2v) is 7.86. The Balaban J connectivity index is 1.30. The molecule has 1 saturated heterocycles. The zero-order valence-corrected chi connectivity index (χ0v) is 16.0. The van der Waals surface area contributed by atoms with E-state index in [9.17, 15) is 4.79 Å². The van der Waals surface area contributed by atoms with E-state index in [1.807, 2.05) is 35.1 Å². The highest BCUT2D eigenvalue weighted by Gasteiger charge is 2.18. The van der Waals surface area contributed by atoms with E-state index >= 15 is 0 Å². The van der Waals surface area contributed by atoms with Gasteiger partial charge in [-0.05, 0) is 38.1 Å². The summed E-state index contributed by atoms with van der Waals surface area (Å²) < 4.78 is 1.99. The summed E-state index contributed by atoms with van der Waals surface area (Å²) in [6.45, 7) is 4.45. The number of likely N-dealkylation sites (tertiary alicyclic amines) is 1. The van der Waals surface area contributed by atoms with E-state index in [0.717, 1.165) is 43.7 Å². The van der Waals surface area contributed by atoms with Gasteiger partial charge in [-0.3, -0.25) is 9.69 Å². The van der Waals surface area contributed by atoms with Crippen LogP contribution in [-0.4, -0.2) is 38.3 Å². The van der Waals surface area contributed by atoms with Gasteiger partial charge in [-0.2, -0.15) is 0 Å². The summed E-state index contributed by atoms with van der Waals surface area (Å²) in [5.74, 6) is 7.10. The standard InChI is InChI=1S/C20H21N5OS/c1-15(26)23-20-22-13-18(27-20)14-24-8-4-16(5-9-24)2-3-17-6-10-25-11-7-21-19(25)12-17/h6-7,10-13,16H,4-5,8-9,14H2,1H3,(H,22,23,26). The number of hydrogen-bond donors (Lipinski definition) is 1. The van der Waals surface area contributed by atoms with Crippen molar-refractivity contribution in [3.05, 3.63) is 47.4 Å². The molecule has 0 bridgehead atoms. The largest absolute Gasteiger partial charge is 0.307 e. The first kappa shape index (κ1) is 17.7. The summed E-state index contributed by atoms with van der Waals surface area (Å²) in [4.78, 5) is 23.2. The first-order valence-corrected chi connectivity index (χ1v) is 9.86. The highest BCUT2D eigenvalue weighted by Crippen LogP contribution is 2.23. The molecule has 6 nitrogen and oxygen atoms in total. The number of thiazole rings is 1. The average Bonchev–Trinajstić information content (AvgIpc) is 3.29. The van der Waals surface area contributed by atoms with Crippen molar-refractivity contribution < 1.29 is 4.79 Å². The first-order valence-electron chi connectivity index (χ1n) is 9.04. The molecule has 1 aliphatic heterocycles. The fraction of sp³-hybridized carbons (Fsp3) is 0.350. The Hall–Kier alpha value is -2.69. The number of pyridine rings is 1. The highest BCUT2D eigenvalue weighted by atomic mass is 32.1. The molecule has 4 rings (SSSR count). The molecule has 0 atom stereocenters. The maximum Gasteiger partial charge on any atom is 0.223 e. The van der Waals surface area contributed by atoms with Crippen LogP contribution < -0.4 is 5.32 Å². The highest BCUT2D eigenvalue weighted by molar-refractivity contribution is 7.15. The Morgan fingerprint density at radius 1 is 1.33 bits per heavy atom. The number of nitrogens with one attached hydrogen (secondary N) is 1. The summed E-state index contributed by atoms with van der Waals surface area (Å²) in [5.41, 5.74) is 1.95. The summed E-state index contributed by atoms with van der Waals surface area (Å²) in [6.07, 6.45) is 9.74. The quantitative estimate of drug-likeness (QED) is 0.711. The second-order valence-electron chi connectivity index (χ2n) is 6.74. The van der Waals surface area contributed by atoms with E-state index < -0.39 is 0 Å². The van der Waals surface area contributed by atoms with E-state index in [1.165, 1.54) is 11.8 Å². The maximum atomic E-state index is 11.1. The number of imidazole rings is 1. The smallest absolute Gasteiger partial charge is 0.223 e. The van der Waals surface area contributed by atoms with Crippen molar-refractivity contribution in [3.8, 4) is 11.8 Å². The molecule has 3 aromatic rings. The van der Waals surface area contributed by atoms with E-state index in [1.54, 1.807) is 17.5 Å². The van der Waals surface area contributed by atoms with Crippen LogP contribution in [0.1, 0.15) is 30.2 Å². The molecule has 0 aliphatic carbocycles. The predicted octanol–water partition coefficient (Wildman–Crippen LogP) is 3.01. The number of carbonyl (C=O) groups is 1. The van der Waals surface area contributed by atoms with Crippen molar-refractivity contribution >= 4 is 28.0 Å². The van der Waals surface area contributed by atoms with Gasteiger partial charge in [-0.25, -0.2) is 9.97 Å². The number of carbonyl (C=O) groups excluding carboxylic acids is 1. The van der Waals surface area contributed by atoms with Crippen molar-refractivity contribution in [2.75, 3.05) is 18.4 Å². The number of amides is 1. The summed E-state index contributed by atoms with van der Waals surface area (Å²) >= 11 is 1.54. The van der Waals surface area contributed by atoms with Crippen LogP contribution >= 0.6 is 11.3 Å². The Morgan fingerprint density at radius 3 is 3.00 bits per heavy atom. The molecule has 0 spiro atoms. The number of hydrogen-bond acceptors (Lipinski definition) is 5. The lowest BCUT2D eigenvalue weighted by Crippen LogP contribution is -2.32. The zero-order chi connectivity index (χ0) is 18.6. The molecule has 3 aromatic heterocycles. The lowest BCUT2D eigenvalue weighted by Gasteiger charge is -2.29. The van der Waals surface area contributed by atoms with E-state index in [4.69, 9.17) is 0 Å². The average molecular weight is 379 g/mol. The number of nitrogens with zero attached hydrogens (tertiary/aromatic N) is 4. The molecule has 1 amide bonds. The second kappa shape index (κ2) is 7.91. The van der Waals surface area contributed by atoms with E-state index in [-0.39, 0.29) is 5.91 Å². The van der Waals surface area contributed by atoms with Crippen molar-refractivity contribution in [1.29, 1.82) is 0 Å². The van der Waals surface area contributed by atoms with Crippen LogP contribution in [0.15, 0.2) is 36.9 Å². The minimum absolute atomic E-state index is 0.0813. The van der Waals surface area contributed by atoms with Crippen LogP contribution in [-0.2, 0) is 11.3 Å². The molecule has 27 heavy (non-hydrogen) atoms. The van der Waals surface area contributed by atoms with Gasteiger partial charge in [0.1, 0.15) is 5.65 Å². The molecular formula is C20H21N5OS. The number of aromatic nitrogens is 3. The summed E-state index contributed by atoms with van der Waals surface area (Å²) in [7, 11) is 0. The van der Waals surface area contributed by atoms with Gasteiger partial charge in [0.15, 0.2) is 5.13 Å². The van der Waals surface area contributed by atoms with Crippen LogP contribution in [0.4, 0.5) is 5.13 Å². The third-order valence-corrected chi connectivity index (χ3v) is 5.52. The molecule has 1 fully saturated rings. The number of anilines is 1. The van der Waals surface area contributed by atoms with Gasteiger partial charge in [0.2, 0.25) is 5.91 Å². The van der Waals surface area contributed by atoms with Crippen molar-refractivity contribution in [1.82, 2.24) is 19.3 Å². The van der Waals surface area contributed by atoms with Crippen molar-refractivity contribution in [2.24, 2.45) is 5.92 Å². The Morgan fingerprint density at radius 2 is 2.19 bits per heavy atom. The molecule has 7 heteroatoms. The summed E-state index contributed by atoms with van der Waals surface area (Å²) in [5, 5.41) is 3.41. The van der Waals surface area contributed by atoms with Crippen molar-refractivity contribution in [2.45, 2.75) is 26.3 Å². The SMILES string of the molecule is CC(=O)Nc1ncc(CN2CCC(C#Cc3ccn4ccnc4c3)CC2)s1. The van der Waals surface area contributed by atoms with E-state index in [2.05, 4.69) is 32.0 Å². The van der Waals surface area contributed by atoms with Gasteiger partial charge in [0.05, 0.1) is 0 Å². The monoisotopic (exact) mass is 379 g/mol. The van der Waals surface area contributed by atoms with Crippen LogP contribution in [0.2, 0.25) is 0 Å². The maximum absolute atomic E-state index is 11.1. The van der Waals surface area contributed by atoms with Crippen LogP contribution in [0, 0.1) is 17.8 Å². The number of rotatable bonds is 3. The van der Waals surface area contributed by atoms with Gasteiger partial charge in [0, 0.05) is 54.6 Å². The minimum atomic E-state index is -0.0813. The van der Waals surface area contributed by atoms with Crippen LogP contribution in [0.25, 0.3) is 5.65 Å². The Bertz CT molecular complexity index is 1000. The molecule has 0 unspecified atom stereocenters. The number of fused-ring (bicyclic) bond motifs is 1. The molecule has 4 heterocycles. The van der Waals surface area contributed by atoms with Crippen LogP contribution in [0.3, 0.4) is 0 Å². The van der Waals surface area contributed by atoms with Gasteiger partial charge in [-0.1, -0.05) is 11.8 Å². The Kier molecular flexibility index (Phi) is 5.19. The van der Waals surface area contributed by atoms with E-state index in [0.29, 0.717) is 11.0 Å². The molecule has 1 N–H and O–H groups in total. The predicted molar refractivity (Wildman–Crippen MR) is 106 cm³/mol. The lowest BCUT2D eigenvalue weighted by molar-refractivity contribution is -0.114. The molecule has 0 aromatic carbocycles. The van der Waals surface area contributed by atoms with Gasteiger partial charge >= 0.3 is 0 Å².